The number of nitro benzene ring substituents is 1. The molecule has 1 aliphatic rings. The van der Waals surface area contributed by atoms with Gasteiger partial charge in [-0.25, -0.2) is 0 Å². The van der Waals surface area contributed by atoms with Gasteiger partial charge in [-0.2, -0.15) is 0 Å². The minimum atomic E-state index is -0.424. The Morgan fingerprint density at radius 2 is 1.86 bits per heavy atom. The molecule has 1 fully saturated rings. The van der Waals surface area contributed by atoms with Crippen LogP contribution in [0.15, 0.2) is 24.3 Å². The Labute approximate surface area is 124 Å². The summed E-state index contributed by atoms with van der Waals surface area (Å²) in [6.07, 6.45) is -0.229. The Hall–Kier alpha value is -1.95. The van der Waals surface area contributed by atoms with Gasteiger partial charge in [0.15, 0.2) is 0 Å². The number of hydrogen-bond donors (Lipinski definition) is 1. The number of nitrogens with zero attached hydrogens (tertiary/aromatic N) is 2. The van der Waals surface area contributed by atoms with Gasteiger partial charge in [-0.05, 0) is 30.0 Å². The average Bonchev–Trinajstić information content (AvgIpc) is 2.65. The predicted molar refractivity (Wildman–Crippen MR) is 79.6 cm³/mol. The van der Waals surface area contributed by atoms with Crippen LogP contribution in [0.5, 0.6) is 0 Å². The first-order valence-electron chi connectivity index (χ1n) is 7.00. The number of amides is 1. The summed E-state index contributed by atoms with van der Waals surface area (Å²) in [6.45, 7) is 8.71. The van der Waals surface area contributed by atoms with Crippen molar-refractivity contribution in [2.45, 2.75) is 39.9 Å². The fourth-order valence-electron chi connectivity index (χ4n) is 2.51. The van der Waals surface area contributed by atoms with E-state index in [1.54, 1.807) is 12.1 Å². The third-order valence-electron chi connectivity index (χ3n) is 3.44. The van der Waals surface area contributed by atoms with Crippen LogP contribution in [-0.4, -0.2) is 28.3 Å². The van der Waals surface area contributed by atoms with Crippen LogP contribution < -0.4 is 5.32 Å². The molecule has 1 aromatic carbocycles. The van der Waals surface area contributed by atoms with Gasteiger partial charge < -0.3 is 4.90 Å². The molecule has 0 saturated carbocycles. The third kappa shape index (κ3) is 3.39. The van der Waals surface area contributed by atoms with Crippen molar-refractivity contribution in [2.75, 3.05) is 6.54 Å². The smallest absolute Gasteiger partial charge is 0.269 e. The second-order valence-corrected chi connectivity index (χ2v) is 6.67. The van der Waals surface area contributed by atoms with E-state index in [0.717, 1.165) is 5.56 Å². The number of carbonyl (C=O) groups is 1. The second kappa shape index (κ2) is 5.44. The van der Waals surface area contributed by atoms with E-state index in [1.807, 2.05) is 11.8 Å². The molecule has 1 amide bonds. The Morgan fingerprint density at radius 1 is 1.29 bits per heavy atom. The molecular weight excluding hydrogens is 270 g/mol. The Morgan fingerprint density at radius 3 is 2.33 bits per heavy atom. The topological polar surface area (TPSA) is 75.5 Å². The van der Waals surface area contributed by atoms with Crippen molar-refractivity contribution in [3.8, 4) is 0 Å². The van der Waals surface area contributed by atoms with Gasteiger partial charge in [-0.1, -0.05) is 20.8 Å². The lowest BCUT2D eigenvalue weighted by molar-refractivity contribution is -0.384. The van der Waals surface area contributed by atoms with Gasteiger partial charge in [0.1, 0.15) is 6.17 Å². The zero-order chi connectivity index (χ0) is 15.8. The summed E-state index contributed by atoms with van der Waals surface area (Å²) in [5, 5.41) is 14.0. The normalized spacial score (nSPS) is 22.7. The molecule has 1 saturated heterocycles. The summed E-state index contributed by atoms with van der Waals surface area (Å²) in [4.78, 5) is 24.4. The van der Waals surface area contributed by atoms with Gasteiger partial charge in [0, 0.05) is 18.7 Å². The van der Waals surface area contributed by atoms with Gasteiger partial charge in [-0.15, -0.1) is 0 Å². The molecule has 1 N–H and O–H groups in total. The van der Waals surface area contributed by atoms with E-state index < -0.39 is 4.92 Å². The molecule has 2 rings (SSSR count). The standard InChI is InChI=1S/C15H21N3O3/c1-10-14(19)17(9-15(2,3)4)13(16-10)11-5-7-12(8-6-11)18(20)21/h5-8,10,13,16H,9H2,1-4H3. The van der Waals surface area contributed by atoms with E-state index in [9.17, 15) is 14.9 Å². The number of nitrogens with one attached hydrogen (secondary N) is 1. The van der Waals surface area contributed by atoms with E-state index in [-0.39, 0.29) is 29.2 Å². The monoisotopic (exact) mass is 291 g/mol. The van der Waals surface area contributed by atoms with E-state index in [2.05, 4.69) is 26.1 Å². The maximum atomic E-state index is 12.3. The maximum absolute atomic E-state index is 12.3. The number of nitro groups is 1. The highest BCUT2D eigenvalue weighted by Crippen LogP contribution is 2.30. The minimum Gasteiger partial charge on any atom is -0.321 e. The molecule has 6 nitrogen and oxygen atoms in total. The van der Waals surface area contributed by atoms with Crippen LogP contribution in [0.25, 0.3) is 0 Å². The number of non-ortho nitro benzene ring substituents is 1. The lowest BCUT2D eigenvalue weighted by Gasteiger charge is -2.31. The lowest BCUT2D eigenvalue weighted by Crippen LogP contribution is -2.37. The van der Waals surface area contributed by atoms with Crippen LogP contribution in [0.3, 0.4) is 0 Å². The quantitative estimate of drug-likeness (QED) is 0.685. The van der Waals surface area contributed by atoms with Crippen LogP contribution in [0.4, 0.5) is 5.69 Å². The van der Waals surface area contributed by atoms with Crippen molar-refractivity contribution in [1.29, 1.82) is 0 Å². The first kappa shape index (κ1) is 15.4. The first-order chi connectivity index (χ1) is 9.69. The molecular formula is C15H21N3O3. The number of carbonyl (C=O) groups excluding carboxylic acids is 1. The van der Waals surface area contributed by atoms with Gasteiger partial charge in [0.05, 0.1) is 11.0 Å². The fraction of sp³-hybridized carbons (Fsp3) is 0.533. The Bertz CT molecular complexity index is 548. The lowest BCUT2D eigenvalue weighted by atomic mass is 9.95. The summed E-state index contributed by atoms with van der Waals surface area (Å²) >= 11 is 0. The van der Waals surface area contributed by atoms with E-state index >= 15 is 0 Å². The molecule has 0 aliphatic carbocycles. The summed E-state index contributed by atoms with van der Waals surface area (Å²) < 4.78 is 0. The highest BCUT2D eigenvalue weighted by molar-refractivity contribution is 5.84. The maximum Gasteiger partial charge on any atom is 0.269 e. The molecule has 1 aromatic rings. The zero-order valence-corrected chi connectivity index (χ0v) is 12.8. The van der Waals surface area contributed by atoms with Gasteiger partial charge in [0.2, 0.25) is 5.91 Å². The number of hydrogen-bond acceptors (Lipinski definition) is 4. The van der Waals surface area contributed by atoms with Crippen molar-refractivity contribution in [1.82, 2.24) is 10.2 Å². The van der Waals surface area contributed by atoms with Crippen molar-refractivity contribution in [3.05, 3.63) is 39.9 Å². The van der Waals surface area contributed by atoms with Crippen LogP contribution in [0.2, 0.25) is 0 Å². The highest BCUT2D eigenvalue weighted by atomic mass is 16.6. The SMILES string of the molecule is CC1NC(c2ccc([N+](=O)[O-])cc2)N(CC(C)(C)C)C1=O. The van der Waals surface area contributed by atoms with Crippen molar-refractivity contribution < 1.29 is 9.72 Å². The fourth-order valence-corrected chi connectivity index (χ4v) is 2.51. The highest BCUT2D eigenvalue weighted by Gasteiger charge is 2.38. The van der Waals surface area contributed by atoms with Gasteiger partial charge in [-0.3, -0.25) is 20.2 Å². The minimum absolute atomic E-state index is 0.0135. The summed E-state index contributed by atoms with van der Waals surface area (Å²) in [5.74, 6) is 0.0632. The van der Waals surface area contributed by atoms with Crippen molar-refractivity contribution in [2.24, 2.45) is 5.41 Å². The summed E-state index contributed by atoms with van der Waals surface area (Å²) in [5.41, 5.74) is 0.904. The molecule has 0 spiro atoms. The Kier molecular flexibility index (Phi) is 4.00. The molecule has 2 atom stereocenters. The third-order valence-corrected chi connectivity index (χ3v) is 3.44. The second-order valence-electron chi connectivity index (χ2n) is 6.67. The predicted octanol–water partition coefficient (Wildman–Crippen LogP) is 2.46. The first-order valence-corrected chi connectivity index (χ1v) is 7.00. The number of benzene rings is 1. The zero-order valence-electron chi connectivity index (χ0n) is 12.8. The van der Waals surface area contributed by atoms with Crippen molar-refractivity contribution >= 4 is 11.6 Å². The van der Waals surface area contributed by atoms with Crippen LogP contribution in [0.1, 0.15) is 39.4 Å². The molecule has 0 radical (unpaired) electrons. The van der Waals surface area contributed by atoms with E-state index in [1.165, 1.54) is 12.1 Å². The largest absolute Gasteiger partial charge is 0.321 e. The van der Waals surface area contributed by atoms with E-state index in [4.69, 9.17) is 0 Å². The molecule has 1 heterocycles. The molecule has 114 valence electrons. The van der Waals surface area contributed by atoms with Crippen LogP contribution in [0, 0.1) is 15.5 Å². The van der Waals surface area contributed by atoms with Gasteiger partial charge >= 0.3 is 0 Å². The summed E-state index contributed by atoms with van der Waals surface area (Å²) in [6, 6.07) is 6.11. The Balaban J connectivity index is 2.27. The molecule has 2 unspecified atom stereocenters. The molecule has 0 aromatic heterocycles. The summed E-state index contributed by atoms with van der Waals surface area (Å²) in [7, 11) is 0. The van der Waals surface area contributed by atoms with Crippen molar-refractivity contribution in [3.63, 3.8) is 0 Å². The molecule has 21 heavy (non-hydrogen) atoms. The number of rotatable bonds is 3. The van der Waals surface area contributed by atoms with Gasteiger partial charge in [0.25, 0.3) is 5.69 Å². The van der Waals surface area contributed by atoms with Crippen LogP contribution >= 0.6 is 0 Å². The van der Waals surface area contributed by atoms with Crippen LogP contribution in [-0.2, 0) is 4.79 Å². The average molecular weight is 291 g/mol. The molecule has 6 heteroatoms. The van der Waals surface area contributed by atoms with E-state index in [0.29, 0.717) is 6.54 Å². The molecule has 1 aliphatic heterocycles. The molecule has 0 bridgehead atoms.